The van der Waals surface area contributed by atoms with Gasteiger partial charge in [-0.3, -0.25) is 5.32 Å². The third-order valence-corrected chi connectivity index (χ3v) is 3.30. The summed E-state index contributed by atoms with van der Waals surface area (Å²) >= 11 is 0. The van der Waals surface area contributed by atoms with E-state index in [1.165, 1.54) is 7.11 Å². The minimum Gasteiger partial charge on any atom is -0.485 e. The second-order valence-corrected chi connectivity index (χ2v) is 4.90. The topological polar surface area (TPSA) is 86.7 Å². The summed E-state index contributed by atoms with van der Waals surface area (Å²) in [5, 5.41) is 2.59. The normalized spacial score (nSPS) is 10.4. The van der Waals surface area contributed by atoms with Crippen molar-refractivity contribution in [2.24, 2.45) is 0 Å². The maximum Gasteiger partial charge on any atom is 0.411 e. The van der Waals surface area contributed by atoms with Gasteiger partial charge >= 0.3 is 6.09 Å². The van der Waals surface area contributed by atoms with Crippen LogP contribution in [-0.2, 0) is 11.3 Å². The highest BCUT2D eigenvalue weighted by Gasteiger charge is 2.15. The molecule has 0 atom stereocenters. The molecule has 0 fully saturated rings. The number of methoxy groups -OCH3 is 1. The number of hydrogen-bond acceptors (Lipinski definition) is 6. The highest BCUT2D eigenvalue weighted by atomic mass is 16.5. The highest BCUT2D eigenvalue weighted by Crippen LogP contribution is 2.27. The van der Waals surface area contributed by atoms with Gasteiger partial charge in [0.25, 0.3) is 5.89 Å². The van der Waals surface area contributed by atoms with Crippen LogP contribution in [0.4, 0.5) is 10.5 Å². The van der Waals surface area contributed by atoms with Crippen LogP contribution in [0.15, 0.2) is 51.5 Å². The zero-order chi connectivity index (χ0) is 16.9. The molecule has 0 aliphatic carbocycles. The third kappa shape index (κ3) is 3.40. The van der Waals surface area contributed by atoms with E-state index in [9.17, 15) is 4.79 Å². The van der Waals surface area contributed by atoms with Crippen LogP contribution < -0.4 is 10.1 Å². The molecule has 24 heavy (non-hydrogen) atoms. The molecule has 1 amide bonds. The fourth-order valence-corrected chi connectivity index (χ4v) is 2.07. The van der Waals surface area contributed by atoms with Crippen molar-refractivity contribution in [1.29, 1.82) is 0 Å². The van der Waals surface area contributed by atoms with Gasteiger partial charge in [0.2, 0.25) is 0 Å². The number of nitrogens with zero attached hydrogens (tertiary/aromatic N) is 1. The summed E-state index contributed by atoms with van der Waals surface area (Å²) in [6.07, 6.45) is 0.989. The zero-order valence-electron chi connectivity index (χ0n) is 13.2. The molecule has 3 aromatic rings. The van der Waals surface area contributed by atoms with Crippen molar-refractivity contribution in [2.75, 3.05) is 12.4 Å². The van der Waals surface area contributed by atoms with Crippen LogP contribution in [0.5, 0.6) is 5.75 Å². The Bertz CT molecular complexity index is 823. The molecule has 0 unspecified atom stereocenters. The summed E-state index contributed by atoms with van der Waals surface area (Å²) in [5.74, 6) is 2.10. The molecular weight excluding hydrogens is 312 g/mol. The van der Waals surface area contributed by atoms with Crippen LogP contribution in [0.1, 0.15) is 11.5 Å². The Morgan fingerprint density at radius 1 is 1.25 bits per heavy atom. The van der Waals surface area contributed by atoms with Crippen LogP contribution in [0, 0.1) is 6.92 Å². The van der Waals surface area contributed by atoms with Crippen LogP contribution in [0.3, 0.4) is 0 Å². The Kier molecular flexibility index (Phi) is 4.51. The van der Waals surface area contributed by atoms with E-state index in [1.807, 2.05) is 6.07 Å². The van der Waals surface area contributed by atoms with Crippen molar-refractivity contribution in [3.8, 4) is 17.4 Å². The molecule has 1 aromatic carbocycles. The van der Waals surface area contributed by atoms with Gasteiger partial charge in [-0.2, -0.15) is 0 Å². The zero-order valence-corrected chi connectivity index (χ0v) is 13.2. The van der Waals surface area contributed by atoms with E-state index in [1.54, 1.807) is 43.5 Å². The Morgan fingerprint density at radius 2 is 2.08 bits per heavy atom. The van der Waals surface area contributed by atoms with Gasteiger partial charge in [0, 0.05) is 0 Å². The molecule has 3 rings (SSSR count). The van der Waals surface area contributed by atoms with E-state index in [0.717, 1.165) is 0 Å². The number of furan rings is 1. The van der Waals surface area contributed by atoms with Crippen LogP contribution >= 0.6 is 0 Å². The third-order valence-electron chi connectivity index (χ3n) is 3.30. The summed E-state index contributed by atoms with van der Waals surface area (Å²) in [4.78, 5) is 15.7. The monoisotopic (exact) mass is 328 g/mol. The van der Waals surface area contributed by atoms with Crippen molar-refractivity contribution < 1.29 is 23.1 Å². The summed E-state index contributed by atoms with van der Waals surface area (Å²) in [5.41, 5.74) is 1.16. The maximum absolute atomic E-state index is 11.4. The second kappa shape index (κ2) is 6.91. The van der Waals surface area contributed by atoms with Crippen LogP contribution in [-0.4, -0.2) is 18.2 Å². The molecule has 2 heterocycles. The number of oxazole rings is 1. The number of hydrogen-bond donors (Lipinski definition) is 1. The lowest BCUT2D eigenvalue weighted by Gasteiger charge is -2.11. The van der Waals surface area contributed by atoms with E-state index in [0.29, 0.717) is 34.5 Å². The number of aromatic nitrogens is 1. The Balaban J connectivity index is 1.74. The minimum atomic E-state index is -0.566. The van der Waals surface area contributed by atoms with E-state index >= 15 is 0 Å². The predicted molar refractivity (Wildman–Crippen MR) is 85.7 cm³/mol. The molecule has 0 aliphatic rings. The number of rotatable bonds is 5. The SMILES string of the molecule is COC(=O)Nc1ccccc1OCc1nc(-c2ccco2)oc1C. The molecule has 0 radical (unpaired) electrons. The van der Waals surface area contributed by atoms with Gasteiger partial charge in [0.1, 0.15) is 23.8 Å². The number of aryl methyl sites for hydroxylation is 1. The summed E-state index contributed by atoms with van der Waals surface area (Å²) in [7, 11) is 1.30. The smallest absolute Gasteiger partial charge is 0.411 e. The average molecular weight is 328 g/mol. The molecule has 0 saturated heterocycles. The van der Waals surface area contributed by atoms with E-state index in [4.69, 9.17) is 13.6 Å². The minimum absolute atomic E-state index is 0.190. The van der Waals surface area contributed by atoms with E-state index < -0.39 is 6.09 Å². The molecule has 0 saturated carbocycles. The van der Waals surface area contributed by atoms with Crippen molar-refractivity contribution in [3.05, 3.63) is 54.1 Å². The largest absolute Gasteiger partial charge is 0.485 e. The summed E-state index contributed by atoms with van der Waals surface area (Å²) in [6.45, 7) is 1.99. The number of ether oxygens (including phenoxy) is 2. The highest BCUT2D eigenvalue weighted by molar-refractivity contribution is 5.86. The van der Waals surface area contributed by atoms with Crippen molar-refractivity contribution >= 4 is 11.8 Å². The van der Waals surface area contributed by atoms with E-state index in [2.05, 4.69) is 15.0 Å². The van der Waals surface area contributed by atoms with Gasteiger partial charge in [0.05, 0.1) is 19.1 Å². The van der Waals surface area contributed by atoms with Crippen LogP contribution in [0.25, 0.3) is 11.7 Å². The first kappa shape index (κ1) is 15.7. The molecule has 1 N–H and O–H groups in total. The first-order valence-electron chi connectivity index (χ1n) is 7.24. The molecule has 0 bridgehead atoms. The van der Waals surface area contributed by atoms with E-state index in [-0.39, 0.29) is 6.61 Å². The molecular formula is C17H16N2O5. The molecule has 0 aliphatic heterocycles. The Labute approximate surface area is 138 Å². The van der Waals surface area contributed by atoms with Crippen LogP contribution in [0.2, 0.25) is 0 Å². The van der Waals surface area contributed by atoms with Crippen molar-refractivity contribution in [2.45, 2.75) is 13.5 Å². The van der Waals surface area contributed by atoms with Gasteiger partial charge in [0.15, 0.2) is 5.76 Å². The van der Waals surface area contributed by atoms with Gasteiger partial charge in [-0.1, -0.05) is 12.1 Å². The predicted octanol–water partition coefficient (Wildman–Crippen LogP) is 4.00. The second-order valence-electron chi connectivity index (χ2n) is 4.90. The van der Waals surface area contributed by atoms with Crippen molar-refractivity contribution in [3.63, 3.8) is 0 Å². The molecule has 124 valence electrons. The summed E-state index contributed by atoms with van der Waals surface area (Å²) in [6, 6.07) is 10.6. The first-order valence-corrected chi connectivity index (χ1v) is 7.24. The molecule has 2 aromatic heterocycles. The number of benzene rings is 1. The maximum atomic E-state index is 11.4. The number of carbonyl (C=O) groups is 1. The average Bonchev–Trinajstić information content (AvgIpc) is 3.23. The van der Waals surface area contributed by atoms with Gasteiger partial charge in [-0.05, 0) is 31.2 Å². The fourth-order valence-electron chi connectivity index (χ4n) is 2.07. The number of para-hydroxylation sites is 2. The van der Waals surface area contributed by atoms with Gasteiger partial charge < -0.3 is 18.3 Å². The van der Waals surface area contributed by atoms with Crippen molar-refractivity contribution in [1.82, 2.24) is 4.98 Å². The molecule has 0 spiro atoms. The number of anilines is 1. The van der Waals surface area contributed by atoms with Gasteiger partial charge in [-0.15, -0.1) is 0 Å². The Hall–Kier alpha value is -3.22. The number of nitrogens with one attached hydrogen (secondary N) is 1. The lowest BCUT2D eigenvalue weighted by molar-refractivity contribution is 0.186. The fraction of sp³-hybridized carbons (Fsp3) is 0.176. The molecule has 7 nitrogen and oxygen atoms in total. The quantitative estimate of drug-likeness (QED) is 0.762. The Morgan fingerprint density at radius 3 is 2.83 bits per heavy atom. The number of carbonyl (C=O) groups excluding carboxylic acids is 1. The standard InChI is InChI=1S/C17H16N2O5/c1-11-13(18-16(24-11)15-8-5-9-22-15)10-23-14-7-4-3-6-12(14)19-17(20)21-2/h3-9H,10H2,1-2H3,(H,19,20). The number of amides is 1. The summed E-state index contributed by atoms with van der Waals surface area (Å²) < 4.78 is 21.2. The lowest BCUT2D eigenvalue weighted by Crippen LogP contribution is -2.12. The lowest BCUT2D eigenvalue weighted by atomic mass is 10.3. The van der Waals surface area contributed by atoms with Gasteiger partial charge in [-0.25, -0.2) is 9.78 Å². The molecule has 7 heteroatoms. The first-order chi connectivity index (χ1) is 11.7.